The van der Waals surface area contributed by atoms with E-state index in [1.54, 1.807) is 12.1 Å². The standard InChI is InChI=1S/C7H4Br3F.C7H5Br2F/c1-3-2-4(8)7(11)6(10)5(3)9;8-6-1-2-7(9)5(3-6)4-10/h2H,1H3;1-3H,4H2. The summed E-state index contributed by atoms with van der Waals surface area (Å²) < 4.78 is 28.6. The van der Waals surface area contributed by atoms with Gasteiger partial charge in [-0.1, -0.05) is 31.9 Å². The Kier molecular flexibility index (Phi) is 8.56. The van der Waals surface area contributed by atoms with Gasteiger partial charge in [0.25, 0.3) is 0 Å². The first-order valence-corrected chi connectivity index (χ1v) is 9.54. The van der Waals surface area contributed by atoms with E-state index in [0.29, 0.717) is 14.5 Å². The average Bonchev–Trinajstić information content (AvgIpc) is 2.46. The summed E-state index contributed by atoms with van der Waals surface area (Å²) in [6, 6.07) is 7.16. The lowest BCUT2D eigenvalue weighted by Gasteiger charge is -2.03. The Morgan fingerprint density at radius 2 is 1.52 bits per heavy atom. The Labute approximate surface area is 164 Å². The zero-order valence-electron chi connectivity index (χ0n) is 10.7. The van der Waals surface area contributed by atoms with E-state index < -0.39 is 6.67 Å². The van der Waals surface area contributed by atoms with Gasteiger partial charge in [0.2, 0.25) is 0 Å². The molecule has 21 heavy (non-hydrogen) atoms. The fourth-order valence-electron chi connectivity index (χ4n) is 1.34. The molecule has 0 spiro atoms. The van der Waals surface area contributed by atoms with Crippen LogP contribution in [0.15, 0.2) is 46.6 Å². The third-order valence-corrected chi connectivity index (χ3v) is 6.58. The van der Waals surface area contributed by atoms with Crippen molar-refractivity contribution in [2.24, 2.45) is 0 Å². The molecule has 0 atom stereocenters. The number of benzene rings is 2. The van der Waals surface area contributed by atoms with Crippen LogP contribution in [-0.4, -0.2) is 0 Å². The van der Waals surface area contributed by atoms with Gasteiger partial charge in [0.05, 0.1) is 8.95 Å². The summed E-state index contributed by atoms with van der Waals surface area (Å²) in [4.78, 5) is 0. The summed E-state index contributed by atoms with van der Waals surface area (Å²) in [6.07, 6.45) is 0. The maximum atomic E-state index is 13.0. The quantitative estimate of drug-likeness (QED) is 0.225. The highest BCUT2D eigenvalue weighted by Crippen LogP contribution is 2.33. The van der Waals surface area contributed by atoms with Crippen LogP contribution in [-0.2, 0) is 6.67 Å². The lowest BCUT2D eigenvalue weighted by molar-refractivity contribution is 0.484. The lowest BCUT2D eigenvalue weighted by atomic mass is 10.2. The summed E-state index contributed by atoms with van der Waals surface area (Å²) in [6.45, 7) is 1.47. The van der Waals surface area contributed by atoms with Crippen molar-refractivity contribution in [1.29, 1.82) is 0 Å². The van der Waals surface area contributed by atoms with Crippen LogP contribution in [0, 0.1) is 12.7 Å². The number of alkyl halides is 1. The zero-order valence-corrected chi connectivity index (χ0v) is 18.6. The van der Waals surface area contributed by atoms with Gasteiger partial charge in [-0.25, -0.2) is 8.78 Å². The average molecular weight is 615 g/mol. The van der Waals surface area contributed by atoms with Gasteiger partial charge in [-0.3, -0.25) is 0 Å². The molecule has 0 amide bonds. The van der Waals surface area contributed by atoms with E-state index in [2.05, 4.69) is 79.6 Å². The predicted molar refractivity (Wildman–Crippen MR) is 101 cm³/mol. The SMILES string of the molecule is Cc1cc(Br)c(F)c(Br)c1Br.FCc1cc(Br)ccc1Br. The van der Waals surface area contributed by atoms with Gasteiger partial charge in [-0.05, 0) is 90.1 Å². The zero-order chi connectivity index (χ0) is 16.2. The molecule has 2 aromatic carbocycles. The van der Waals surface area contributed by atoms with Crippen molar-refractivity contribution < 1.29 is 8.78 Å². The van der Waals surface area contributed by atoms with Gasteiger partial charge in [0.1, 0.15) is 6.67 Å². The molecule has 0 aliphatic carbocycles. The van der Waals surface area contributed by atoms with Crippen molar-refractivity contribution in [3.8, 4) is 0 Å². The van der Waals surface area contributed by atoms with Crippen molar-refractivity contribution >= 4 is 79.6 Å². The summed E-state index contributed by atoms with van der Waals surface area (Å²) in [7, 11) is 0. The normalized spacial score (nSPS) is 10.1. The third kappa shape index (κ3) is 5.68. The maximum absolute atomic E-state index is 13.0. The van der Waals surface area contributed by atoms with E-state index in [9.17, 15) is 8.78 Å². The molecule has 7 heteroatoms. The second-order valence-corrected chi connectivity index (χ2v) is 8.20. The van der Waals surface area contributed by atoms with E-state index in [0.717, 1.165) is 19.0 Å². The molecular formula is C14H9Br5F2. The van der Waals surface area contributed by atoms with Crippen molar-refractivity contribution in [1.82, 2.24) is 0 Å². The Balaban J connectivity index is 0.000000211. The first-order chi connectivity index (χ1) is 9.77. The van der Waals surface area contributed by atoms with E-state index in [4.69, 9.17) is 0 Å². The van der Waals surface area contributed by atoms with E-state index in [1.165, 1.54) is 0 Å². The number of halogens is 7. The van der Waals surface area contributed by atoms with Crippen LogP contribution in [0.25, 0.3) is 0 Å². The van der Waals surface area contributed by atoms with Crippen molar-refractivity contribution in [3.05, 3.63) is 63.6 Å². The molecule has 114 valence electrons. The predicted octanol–water partition coefficient (Wildman–Crippen LogP) is 8.10. The van der Waals surface area contributed by atoms with Crippen LogP contribution < -0.4 is 0 Å². The molecule has 0 bridgehead atoms. The van der Waals surface area contributed by atoms with Crippen LogP contribution in [0.4, 0.5) is 8.78 Å². The molecule has 0 N–H and O–H groups in total. The van der Waals surface area contributed by atoms with Crippen LogP contribution in [0.3, 0.4) is 0 Å². The van der Waals surface area contributed by atoms with Crippen molar-refractivity contribution in [3.63, 3.8) is 0 Å². The van der Waals surface area contributed by atoms with Gasteiger partial charge < -0.3 is 0 Å². The molecule has 0 radical (unpaired) electrons. The molecule has 0 aliphatic rings. The largest absolute Gasteiger partial charge is 0.246 e. The minimum Gasteiger partial charge on any atom is -0.246 e. The molecule has 2 rings (SSSR count). The first kappa shape index (κ1) is 19.7. The molecule has 0 aliphatic heterocycles. The van der Waals surface area contributed by atoms with Crippen molar-refractivity contribution in [2.45, 2.75) is 13.6 Å². The molecule has 0 aromatic heterocycles. The van der Waals surface area contributed by atoms with Crippen LogP contribution >= 0.6 is 79.6 Å². The number of hydrogen-bond donors (Lipinski definition) is 0. The maximum Gasteiger partial charge on any atom is 0.152 e. The second kappa shape index (κ2) is 9.11. The number of rotatable bonds is 1. The Morgan fingerprint density at radius 3 is 2.05 bits per heavy atom. The smallest absolute Gasteiger partial charge is 0.152 e. The molecule has 0 saturated carbocycles. The fourth-order valence-corrected chi connectivity index (χ4v) is 3.72. The highest BCUT2D eigenvalue weighted by atomic mass is 79.9. The molecular weight excluding hydrogens is 606 g/mol. The van der Waals surface area contributed by atoms with Crippen LogP contribution in [0.2, 0.25) is 0 Å². The lowest BCUT2D eigenvalue weighted by Crippen LogP contribution is -1.85. The van der Waals surface area contributed by atoms with Gasteiger partial charge >= 0.3 is 0 Å². The highest BCUT2D eigenvalue weighted by molar-refractivity contribution is 9.13. The minimum absolute atomic E-state index is 0.275. The van der Waals surface area contributed by atoms with Crippen molar-refractivity contribution in [2.75, 3.05) is 0 Å². The first-order valence-electron chi connectivity index (χ1n) is 5.57. The highest BCUT2D eigenvalue weighted by Gasteiger charge is 2.10. The fraction of sp³-hybridized carbons (Fsp3) is 0.143. The molecule has 0 saturated heterocycles. The molecule has 0 heterocycles. The molecule has 2 aromatic rings. The monoisotopic (exact) mass is 610 g/mol. The molecule has 0 nitrogen and oxygen atoms in total. The molecule has 0 unspecified atom stereocenters. The van der Waals surface area contributed by atoms with Gasteiger partial charge in [0, 0.05) is 13.4 Å². The van der Waals surface area contributed by atoms with Gasteiger partial charge in [-0.15, -0.1) is 0 Å². The number of hydrogen-bond acceptors (Lipinski definition) is 0. The third-order valence-electron chi connectivity index (χ3n) is 2.44. The summed E-state index contributed by atoms with van der Waals surface area (Å²) in [5.74, 6) is -0.275. The second-order valence-electron chi connectivity index (χ2n) is 3.99. The van der Waals surface area contributed by atoms with Crippen LogP contribution in [0.1, 0.15) is 11.1 Å². The summed E-state index contributed by atoms with van der Waals surface area (Å²) in [5, 5.41) is 0. The van der Waals surface area contributed by atoms with E-state index >= 15 is 0 Å². The Bertz CT molecular complexity index is 617. The van der Waals surface area contributed by atoms with E-state index in [1.807, 2.05) is 19.1 Å². The summed E-state index contributed by atoms with van der Waals surface area (Å²) >= 11 is 16.0. The Morgan fingerprint density at radius 1 is 0.905 bits per heavy atom. The van der Waals surface area contributed by atoms with E-state index in [-0.39, 0.29) is 5.82 Å². The Hall–Kier alpha value is 0.700. The number of aryl methyl sites for hydroxylation is 1. The summed E-state index contributed by atoms with van der Waals surface area (Å²) in [5.41, 5.74) is 1.67. The molecule has 0 fully saturated rings. The van der Waals surface area contributed by atoms with Gasteiger partial charge in [0.15, 0.2) is 5.82 Å². The van der Waals surface area contributed by atoms with Gasteiger partial charge in [-0.2, -0.15) is 0 Å². The van der Waals surface area contributed by atoms with Crippen LogP contribution in [0.5, 0.6) is 0 Å². The topological polar surface area (TPSA) is 0 Å². The minimum atomic E-state index is -0.431.